The molecule has 0 atom stereocenters. The number of aromatic nitrogens is 2. The minimum atomic E-state index is 0.252. The van der Waals surface area contributed by atoms with Crippen LogP contribution in [0.5, 0.6) is 5.75 Å². The van der Waals surface area contributed by atoms with E-state index < -0.39 is 0 Å². The second-order valence-electron chi connectivity index (χ2n) is 4.17. The van der Waals surface area contributed by atoms with Crippen molar-refractivity contribution >= 4 is 5.52 Å². The Kier molecular flexibility index (Phi) is 2.50. The second kappa shape index (κ2) is 4.16. The molecule has 0 fully saturated rings. The Balaban J connectivity index is 2.19. The Hall–Kier alpha value is -2.33. The zero-order valence-corrected chi connectivity index (χ0v) is 9.74. The lowest BCUT2D eigenvalue weighted by molar-refractivity contribution is 0.475. The molecule has 0 saturated heterocycles. The van der Waals surface area contributed by atoms with Crippen molar-refractivity contribution in [3.8, 4) is 17.1 Å². The molecule has 4 heteroatoms. The number of fused-ring (bicyclic) bond motifs is 1. The van der Waals surface area contributed by atoms with Gasteiger partial charge in [0.05, 0.1) is 11.7 Å². The molecule has 0 amide bonds. The molecular weight excluding hydrogens is 226 g/mol. The summed E-state index contributed by atoms with van der Waals surface area (Å²) in [5, 5.41) is 9.31. The Morgan fingerprint density at radius 3 is 2.61 bits per heavy atom. The third-order valence-corrected chi connectivity index (χ3v) is 2.95. The second-order valence-corrected chi connectivity index (χ2v) is 4.17. The summed E-state index contributed by atoms with van der Waals surface area (Å²) in [6, 6.07) is 11.0. The van der Waals surface area contributed by atoms with Crippen molar-refractivity contribution in [2.45, 2.75) is 6.54 Å². The number of phenolic OH excluding ortho intramolecular Hbond substituents is 1. The molecule has 0 unspecified atom stereocenters. The minimum absolute atomic E-state index is 0.252. The van der Waals surface area contributed by atoms with Gasteiger partial charge >= 0.3 is 0 Å². The highest BCUT2D eigenvalue weighted by Crippen LogP contribution is 2.22. The molecule has 0 spiro atoms. The monoisotopic (exact) mass is 239 g/mol. The Bertz CT molecular complexity index is 686. The van der Waals surface area contributed by atoms with Crippen molar-refractivity contribution < 1.29 is 5.11 Å². The first-order valence-electron chi connectivity index (χ1n) is 5.73. The fourth-order valence-corrected chi connectivity index (χ4v) is 1.98. The molecule has 3 N–H and O–H groups in total. The molecule has 0 aliphatic carbocycles. The van der Waals surface area contributed by atoms with Gasteiger partial charge in [-0.3, -0.25) is 4.40 Å². The maximum absolute atomic E-state index is 9.31. The summed E-state index contributed by atoms with van der Waals surface area (Å²) in [5.41, 5.74) is 8.69. The normalized spacial score (nSPS) is 10.9. The van der Waals surface area contributed by atoms with E-state index in [4.69, 9.17) is 5.73 Å². The first-order valence-corrected chi connectivity index (χ1v) is 5.73. The van der Waals surface area contributed by atoms with Gasteiger partial charge < -0.3 is 10.8 Å². The van der Waals surface area contributed by atoms with Crippen LogP contribution in [0.25, 0.3) is 16.9 Å². The van der Waals surface area contributed by atoms with Gasteiger partial charge in [0.1, 0.15) is 11.6 Å². The number of hydrogen-bond acceptors (Lipinski definition) is 3. The van der Waals surface area contributed by atoms with Crippen LogP contribution in [0.3, 0.4) is 0 Å². The van der Waals surface area contributed by atoms with Crippen molar-refractivity contribution in [2.75, 3.05) is 0 Å². The van der Waals surface area contributed by atoms with E-state index in [1.54, 1.807) is 12.1 Å². The van der Waals surface area contributed by atoms with Crippen LogP contribution in [-0.4, -0.2) is 14.5 Å². The molecule has 2 heterocycles. The first kappa shape index (κ1) is 10.8. The lowest BCUT2D eigenvalue weighted by atomic mass is 10.2. The van der Waals surface area contributed by atoms with Crippen molar-refractivity contribution in [3.63, 3.8) is 0 Å². The van der Waals surface area contributed by atoms with Crippen LogP contribution in [0.15, 0.2) is 48.8 Å². The maximum Gasteiger partial charge on any atom is 0.144 e. The molecule has 4 nitrogen and oxygen atoms in total. The molecule has 3 rings (SSSR count). The number of imidazole rings is 1. The lowest BCUT2D eigenvalue weighted by Crippen LogP contribution is -1.98. The van der Waals surface area contributed by atoms with E-state index in [9.17, 15) is 5.11 Å². The fourth-order valence-electron chi connectivity index (χ4n) is 1.98. The van der Waals surface area contributed by atoms with Crippen molar-refractivity contribution in [1.82, 2.24) is 9.38 Å². The molecule has 0 radical (unpaired) electrons. The number of aromatic hydroxyl groups is 1. The number of phenols is 1. The van der Waals surface area contributed by atoms with Gasteiger partial charge in [0.2, 0.25) is 0 Å². The number of benzene rings is 1. The Morgan fingerprint density at radius 2 is 1.89 bits per heavy atom. The maximum atomic E-state index is 9.31. The average Bonchev–Trinajstić information content (AvgIpc) is 2.82. The van der Waals surface area contributed by atoms with Gasteiger partial charge in [0, 0.05) is 18.3 Å². The van der Waals surface area contributed by atoms with Gasteiger partial charge in [0.15, 0.2) is 0 Å². The van der Waals surface area contributed by atoms with Gasteiger partial charge in [-0.15, -0.1) is 0 Å². The summed E-state index contributed by atoms with van der Waals surface area (Å²) < 4.78 is 2.01. The van der Waals surface area contributed by atoms with Gasteiger partial charge in [-0.25, -0.2) is 4.98 Å². The number of pyridine rings is 1. The van der Waals surface area contributed by atoms with Crippen molar-refractivity contribution in [1.29, 1.82) is 0 Å². The van der Waals surface area contributed by atoms with Crippen LogP contribution < -0.4 is 5.73 Å². The standard InChI is InChI=1S/C14H13N3O/c15-7-10-1-4-12-8-16-14(17(12)9-10)11-2-5-13(18)6-3-11/h1-6,8-9,18H,7,15H2. The summed E-state index contributed by atoms with van der Waals surface area (Å²) in [7, 11) is 0. The highest BCUT2D eigenvalue weighted by Gasteiger charge is 2.06. The number of nitrogens with zero attached hydrogens (tertiary/aromatic N) is 2. The first-order chi connectivity index (χ1) is 8.78. The molecular formula is C14H13N3O. The van der Waals surface area contributed by atoms with Crippen LogP contribution in [0.1, 0.15) is 5.56 Å². The molecule has 0 bridgehead atoms. The van der Waals surface area contributed by atoms with E-state index in [1.165, 1.54) is 0 Å². The Morgan fingerprint density at radius 1 is 1.11 bits per heavy atom. The van der Waals surface area contributed by atoms with Crippen LogP contribution >= 0.6 is 0 Å². The third-order valence-electron chi connectivity index (χ3n) is 2.95. The summed E-state index contributed by atoms with van der Waals surface area (Å²) in [5.74, 6) is 1.10. The average molecular weight is 239 g/mol. The molecule has 0 saturated carbocycles. The Labute approximate surface area is 104 Å². The predicted octanol–water partition coefficient (Wildman–Crippen LogP) is 2.17. The number of rotatable bonds is 2. The predicted molar refractivity (Wildman–Crippen MR) is 70.2 cm³/mol. The molecule has 90 valence electrons. The lowest BCUT2D eigenvalue weighted by Gasteiger charge is -2.04. The van der Waals surface area contributed by atoms with Crippen molar-refractivity contribution in [3.05, 3.63) is 54.4 Å². The zero-order chi connectivity index (χ0) is 12.5. The zero-order valence-electron chi connectivity index (χ0n) is 9.74. The fraction of sp³-hybridized carbons (Fsp3) is 0.0714. The van der Waals surface area contributed by atoms with E-state index in [0.717, 1.165) is 22.5 Å². The van der Waals surface area contributed by atoms with E-state index in [0.29, 0.717) is 6.54 Å². The quantitative estimate of drug-likeness (QED) is 0.720. The van der Waals surface area contributed by atoms with Gasteiger partial charge in [-0.2, -0.15) is 0 Å². The van der Waals surface area contributed by atoms with E-state index in [-0.39, 0.29) is 5.75 Å². The molecule has 0 aliphatic rings. The van der Waals surface area contributed by atoms with Crippen LogP contribution in [0.2, 0.25) is 0 Å². The summed E-state index contributed by atoms with van der Waals surface area (Å²) in [4.78, 5) is 4.41. The number of hydrogen-bond donors (Lipinski definition) is 2. The van der Waals surface area contributed by atoms with Gasteiger partial charge in [-0.05, 0) is 35.9 Å². The third kappa shape index (κ3) is 1.72. The van der Waals surface area contributed by atoms with E-state index in [1.807, 2.05) is 41.1 Å². The molecule has 18 heavy (non-hydrogen) atoms. The molecule has 3 aromatic rings. The minimum Gasteiger partial charge on any atom is -0.508 e. The highest BCUT2D eigenvalue weighted by atomic mass is 16.3. The largest absolute Gasteiger partial charge is 0.508 e. The summed E-state index contributed by atoms with van der Waals surface area (Å²) >= 11 is 0. The van der Waals surface area contributed by atoms with Crippen LogP contribution in [0, 0.1) is 0 Å². The van der Waals surface area contributed by atoms with E-state index >= 15 is 0 Å². The molecule has 1 aromatic carbocycles. The topological polar surface area (TPSA) is 63.5 Å². The molecule has 2 aromatic heterocycles. The highest BCUT2D eigenvalue weighted by molar-refractivity contribution is 5.63. The SMILES string of the molecule is NCc1ccc2cnc(-c3ccc(O)cc3)n2c1. The van der Waals surface area contributed by atoms with E-state index in [2.05, 4.69) is 4.98 Å². The number of nitrogens with two attached hydrogens (primary N) is 1. The van der Waals surface area contributed by atoms with Crippen LogP contribution in [0.4, 0.5) is 0 Å². The van der Waals surface area contributed by atoms with Gasteiger partial charge in [-0.1, -0.05) is 6.07 Å². The summed E-state index contributed by atoms with van der Waals surface area (Å²) in [6.45, 7) is 0.503. The van der Waals surface area contributed by atoms with Gasteiger partial charge in [0.25, 0.3) is 0 Å². The van der Waals surface area contributed by atoms with Crippen LogP contribution in [-0.2, 0) is 6.54 Å². The summed E-state index contributed by atoms with van der Waals surface area (Å²) in [6.07, 6.45) is 3.81. The van der Waals surface area contributed by atoms with Crippen molar-refractivity contribution in [2.24, 2.45) is 5.73 Å². The molecule has 0 aliphatic heterocycles. The smallest absolute Gasteiger partial charge is 0.144 e.